The number of carbonyl (C=O) groups is 2. The maximum absolute atomic E-state index is 12.3. The number of allylic oxidation sites excluding steroid dienone is 2. The van der Waals surface area contributed by atoms with E-state index in [9.17, 15) is 14.7 Å². The summed E-state index contributed by atoms with van der Waals surface area (Å²) in [5.74, 6) is -0.861. The maximum atomic E-state index is 12.3. The van der Waals surface area contributed by atoms with Crippen molar-refractivity contribution in [2.45, 2.75) is 32.7 Å². The highest BCUT2D eigenvalue weighted by Crippen LogP contribution is 2.27. The zero-order valence-electron chi connectivity index (χ0n) is 11.6. The summed E-state index contributed by atoms with van der Waals surface area (Å²) in [5.41, 5.74) is 0. The molecule has 0 bridgehead atoms. The molecule has 0 fully saturated rings. The summed E-state index contributed by atoms with van der Waals surface area (Å²) in [6, 6.07) is 3.38. The summed E-state index contributed by atoms with van der Waals surface area (Å²) in [5, 5.41) is 12.0. The summed E-state index contributed by atoms with van der Waals surface area (Å²) in [6.07, 6.45) is 4.56. The van der Waals surface area contributed by atoms with Crippen LogP contribution in [0.1, 0.15) is 37.3 Å². The van der Waals surface area contributed by atoms with E-state index in [2.05, 4.69) is 5.32 Å². The number of nitrogens with one attached hydrogen (secondary N) is 1. The van der Waals surface area contributed by atoms with Gasteiger partial charge in [0, 0.05) is 0 Å². The van der Waals surface area contributed by atoms with Crippen LogP contribution in [0, 0.1) is 18.8 Å². The molecule has 1 aliphatic rings. The SMILES string of the molecule is Cc1ccc([C@@H](C)NC(=O)[C@@H]2CC=CC[C@@H]2C(=O)O)o1. The zero-order valence-corrected chi connectivity index (χ0v) is 11.6. The molecule has 0 unspecified atom stereocenters. The van der Waals surface area contributed by atoms with Gasteiger partial charge in [0.05, 0.1) is 17.9 Å². The molecule has 2 rings (SSSR count). The molecule has 0 saturated heterocycles. The second-order valence-corrected chi connectivity index (χ2v) is 5.17. The Labute approximate surface area is 117 Å². The fourth-order valence-electron chi connectivity index (χ4n) is 2.45. The van der Waals surface area contributed by atoms with Gasteiger partial charge in [-0.2, -0.15) is 0 Å². The van der Waals surface area contributed by atoms with Crippen molar-refractivity contribution in [3.63, 3.8) is 0 Å². The number of carboxylic acid groups (broad SMARTS) is 1. The van der Waals surface area contributed by atoms with Crippen molar-refractivity contribution in [1.29, 1.82) is 0 Å². The number of hydrogen-bond donors (Lipinski definition) is 2. The average Bonchev–Trinajstić information content (AvgIpc) is 2.85. The first kappa shape index (κ1) is 14.4. The highest BCUT2D eigenvalue weighted by molar-refractivity contribution is 5.85. The minimum atomic E-state index is -0.920. The Morgan fingerprint density at radius 3 is 2.50 bits per heavy atom. The minimum absolute atomic E-state index is 0.233. The van der Waals surface area contributed by atoms with Crippen LogP contribution in [-0.2, 0) is 9.59 Å². The molecule has 2 N–H and O–H groups in total. The van der Waals surface area contributed by atoms with Gasteiger partial charge in [0.1, 0.15) is 11.5 Å². The van der Waals surface area contributed by atoms with Gasteiger partial charge in [0.2, 0.25) is 5.91 Å². The van der Waals surface area contributed by atoms with Crippen LogP contribution in [0.3, 0.4) is 0 Å². The van der Waals surface area contributed by atoms with Crippen LogP contribution in [0.4, 0.5) is 0 Å². The van der Waals surface area contributed by atoms with E-state index in [1.807, 2.05) is 38.1 Å². The summed E-state index contributed by atoms with van der Waals surface area (Å²) in [7, 11) is 0. The van der Waals surface area contributed by atoms with Gasteiger partial charge in [-0.25, -0.2) is 0 Å². The Kier molecular flexibility index (Phi) is 4.27. The molecule has 108 valence electrons. The third-order valence-corrected chi connectivity index (χ3v) is 3.63. The molecule has 0 spiro atoms. The van der Waals surface area contributed by atoms with Gasteiger partial charge in [-0.3, -0.25) is 9.59 Å². The highest BCUT2D eigenvalue weighted by atomic mass is 16.4. The minimum Gasteiger partial charge on any atom is -0.481 e. The average molecular weight is 277 g/mol. The first-order valence-corrected chi connectivity index (χ1v) is 6.73. The molecule has 20 heavy (non-hydrogen) atoms. The Balaban J connectivity index is 2.03. The maximum Gasteiger partial charge on any atom is 0.307 e. The summed E-state index contributed by atoms with van der Waals surface area (Å²) in [4.78, 5) is 23.4. The van der Waals surface area contributed by atoms with Crippen molar-refractivity contribution in [2.75, 3.05) is 0 Å². The van der Waals surface area contributed by atoms with Crippen molar-refractivity contribution >= 4 is 11.9 Å². The van der Waals surface area contributed by atoms with Crippen molar-refractivity contribution < 1.29 is 19.1 Å². The monoisotopic (exact) mass is 277 g/mol. The smallest absolute Gasteiger partial charge is 0.307 e. The number of hydrogen-bond acceptors (Lipinski definition) is 3. The summed E-state index contributed by atoms with van der Waals surface area (Å²) in [6.45, 7) is 3.66. The fourth-order valence-corrected chi connectivity index (χ4v) is 2.45. The number of rotatable bonds is 4. The molecule has 1 aromatic heterocycles. The summed E-state index contributed by atoms with van der Waals surface area (Å²) < 4.78 is 5.46. The predicted octanol–water partition coefficient (Wildman–Crippen LogP) is 2.43. The Morgan fingerprint density at radius 1 is 1.30 bits per heavy atom. The van der Waals surface area contributed by atoms with Gasteiger partial charge < -0.3 is 14.8 Å². The molecular weight excluding hydrogens is 258 g/mol. The number of carbonyl (C=O) groups excluding carboxylic acids is 1. The lowest BCUT2D eigenvalue weighted by Gasteiger charge is -2.25. The normalized spacial score (nSPS) is 23.3. The molecule has 1 amide bonds. The Bertz CT molecular complexity index is 532. The molecule has 5 heteroatoms. The van der Waals surface area contributed by atoms with E-state index in [0.717, 1.165) is 5.76 Å². The van der Waals surface area contributed by atoms with Gasteiger partial charge in [0.25, 0.3) is 0 Å². The van der Waals surface area contributed by atoms with E-state index in [-0.39, 0.29) is 11.9 Å². The number of carboxylic acids is 1. The van der Waals surface area contributed by atoms with Crippen LogP contribution in [0.15, 0.2) is 28.7 Å². The standard InChI is InChI=1S/C15H19NO4/c1-9-7-8-13(20-9)10(2)16-14(17)11-5-3-4-6-12(11)15(18)19/h3-4,7-8,10-12H,5-6H2,1-2H3,(H,16,17)(H,18,19)/t10-,11-,12+/m1/s1. The van der Waals surface area contributed by atoms with E-state index in [4.69, 9.17) is 4.42 Å². The quantitative estimate of drug-likeness (QED) is 0.828. The van der Waals surface area contributed by atoms with Gasteiger partial charge in [-0.1, -0.05) is 12.2 Å². The molecule has 0 radical (unpaired) electrons. The zero-order chi connectivity index (χ0) is 14.7. The largest absolute Gasteiger partial charge is 0.481 e. The van der Waals surface area contributed by atoms with Gasteiger partial charge >= 0.3 is 5.97 Å². The van der Waals surface area contributed by atoms with Gasteiger partial charge in [-0.05, 0) is 38.8 Å². The predicted molar refractivity (Wildman–Crippen MR) is 73.0 cm³/mol. The highest BCUT2D eigenvalue weighted by Gasteiger charge is 2.34. The molecule has 3 atom stereocenters. The molecule has 0 aromatic carbocycles. The number of amides is 1. The fraction of sp³-hybridized carbons (Fsp3) is 0.467. The van der Waals surface area contributed by atoms with E-state index in [1.54, 1.807) is 0 Å². The van der Waals surface area contributed by atoms with Crippen molar-refractivity contribution in [3.8, 4) is 0 Å². The molecule has 0 aliphatic heterocycles. The molecule has 5 nitrogen and oxygen atoms in total. The van der Waals surface area contributed by atoms with Crippen LogP contribution >= 0.6 is 0 Å². The third-order valence-electron chi connectivity index (χ3n) is 3.63. The Hall–Kier alpha value is -2.04. The van der Waals surface area contributed by atoms with E-state index < -0.39 is 17.8 Å². The van der Waals surface area contributed by atoms with Crippen LogP contribution in [0.5, 0.6) is 0 Å². The van der Waals surface area contributed by atoms with E-state index in [0.29, 0.717) is 18.6 Å². The number of aryl methyl sites for hydroxylation is 1. The Morgan fingerprint density at radius 2 is 1.95 bits per heavy atom. The first-order valence-electron chi connectivity index (χ1n) is 6.73. The van der Waals surface area contributed by atoms with Crippen molar-refractivity contribution in [1.82, 2.24) is 5.32 Å². The lowest BCUT2D eigenvalue weighted by molar-refractivity contribution is -0.147. The van der Waals surface area contributed by atoms with Crippen LogP contribution < -0.4 is 5.32 Å². The van der Waals surface area contributed by atoms with Gasteiger partial charge in [-0.15, -0.1) is 0 Å². The van der Waals surface area contributed by atoms with Crippen LogP contribution in [0.25, 0.3) is 0 Å². The van der Waals surface area contributed by atoms with Crippen LogP contribution in [0.2, 0.25) is 0 Å². The van der Waals surface area contributed by atoms with Gasteiger partial charge in [0.15, 0.2) is 0 Å². The second-order valence-electron chi connectivity index (χ2n) is 5.17. The summed E-state index contributed by atoms with van der Waals surface area (Å²) >= 11 is 0. The van der Waals surface area contributed by atoms with Crippen molar-refractivity contribution in [2.24, 2.45) is 11.8 Å². The molecular formula is C15H19NO4. The van der Waals surface area contributed by atoms with E-state index in [1.165, 1.54) is 0 Å². The van der Waals surface area contributed by atoms with Crippen molar-refractivity contribution in [3.05, 3.63) is 35.8 Å². The molecule has 1 aromatic rings. The molecule has 1 aliphatic carbocycles. The molecule has 1 heterocycles. The first-order chi connectivity index (χ1) is 9.49. The number of furan rings is 1. The van der Waals surface area contributed by atoms with Crippen LogP contribution in [-0.4, -0.2) is 17.0 Å². The lowest BCUT2D eigenvalue weighted by atomic mass is 9.82. The number of aliphatic carboxylic acids is 1. The second kappa shape index (κ2) is 5.94. The topological polar surface area (TPSA) is 79.5 Å². The molecule has 0 saturated carbocycles. The third kappa shape index (κ3) is 3.10. The lowest BCUT2D eigenvalue weighted by Crippen LogP contribution is -2.39. The van der Waals surface area contributed by atoms with E-state index >= 15 is 0 Å².